The van der Waals surface area contributed by atoms with Crippen LogP contribution in [0.5, 0.6) is 0 Å². The molecule has 0 aliphatic heterocycles. The molecule has 0 rings (SSSR count). The molecule has 4 heteroatoms. The first kappa shape index (κ1) is 10.8. The highest BCUT2D eigenvalue weighted by molar-refractivity contribution is 7.99. The molecule has 0 amide bonds. The summed E-state index contributed by atoms with van der Waals surface area (Å²) in [6.07, 6.45) is 0. The lowest BCUT2D eigenvalue weighted by molar-refractivity contribution is -0.142. The molecule has 0 radical (unpaired) electrons. The quantitative estimate of drug-likeness (QED) is 0.621. The summed E-state index contributed by atoms with van der Waals surface area (Å²) >= 11 is 1.72. The number of methoxy groups -OCH3 is 1. The summed E-state index contributed by atoms with van der Waals surface area (Å²) in [6.45, 7) is 2.06. The first-order chi connectivity index (χ1) is 5.26. The highest BCUT2D eigenvalue weighted by Crippen LogP contribution is 2.02. The van der Waals surface area contributed by atoms with Gasteiger partial charge in [0.05, 0.1) is 7.11 Å². The second-order valence-electron chi connectivity index (χ2n) is 2.02. The van der Waals surface area contributed by atoms with Crippen LogP contribution in [0.3, 0.4) is 0 Å². The van der Waals surface area contributed by atoms with Gasteiger partial charge in [-0.15, -0.1) is 0 Å². The normalized spacial score (nSPS) is 12.6. The lowest BCUT2D eigenvalue weighted by Gasteiger charge is -2.11. The largest absolute Gasteiger partial charge is 0.468 e. The molecular weight excluding hydrogens is 162 g/mol. The fourth-order valence-corrected chi connectivity index (χ4v) is 1.42. The number of rotatable bonds is 5. The van der Waals surface area contributed by atoms with Gasteiger partial charge >= 0.3 is 5.97 Å². The Morgan fingerprint density at radius 2 is 2.36 bits per heavy atom. The van der Waals surface area contributed by atoms with Gasteiger partial charge in [-0.1, -0.05) is 6.92 Å². The van der Waals surface area contributed by atoms with E-state index >= 15 is 0 Å². The molecule has 0 fully saturated rings. The van der Waals surface area contributed by atoms with E-state index in [0.717, 1.165) is 11.5 Å². The molecule has 1 N–H and O–H groups in total. The van der Waals surface area contributed by atoms with Crippen molar-refractivity contribution in [2.75, 3.05) is 25.7 Å². The number of likely N-dealkylation sites (N-methyl/N-ethyl adjacent to an activating group) is 1. The Hall–Kier alpha value is -0.220. The first-order valence-electron chi connectivity index (χ1n) is 3.59. The molecule has 1 atom stereocenters. The third-order valence-electron chi connectivity index (χ3n) is 1.32. The summed E-state index contributed by atoms with van der Waals surface area (Å²) in [4.78, 5) is 11.0. The number of carbonyl (C=O) groups excluding carboxylic acids is 1. The molecule has 11 heavy (non-hydrogen) atoms. The second-order valence-corrected chi connectivity index (χ2v) is 3.34. The van der Waals surface area contributed by atoms with Crippen molar-refractivity contribution >= 4 is 17.7 Å². The average Bonchev–Trinajstić information content (AvgIpc) is 2.05. The molecular formula is C7H15NO2S. The molecule has 0 aromatic carbocycles. The molecule has 0 aliphatic carbocycles. The first-order valence-corrected chi connectivity index (χ1v) is 4.74. The standard InChI is InChI=1S/C7H15NO2S/c1-4-11-5-6(8-2)7(9)10-3/h6,8H,4-5H2,1-3H3. The maximum atomic E-state index is 11.0. The summed E-state index contributed by atoms with van der Waals surface area (Å²) < 4.78 is 4.59. The highest BCUT2D eigenvalue weighted by atomic mass is 32.2. The lowest BCUT2D eigenvalue weighted by atomic mass is 10.3. The van der Waals surface area contributed by atoms with Gasteiger partial charge in [0.25, 0.3) is 0 Å². The number of hydrogen-bond acceptors (Lipinski definition) is 4. The maximum absolute atomic E-state index is 11.0. The number of nitrogens with one attached hydrogen (secondary N) is 1. The summed E-state index contributed by atoms with van der Waals surface area (Å²) in [6, 6.07) is -0.162. The van der Waals surface area contributed by atoms with E-state index in [-0.39, 0.29) is 12.0 Å². The van der Waals surface area contributed by atoms with E-state index in [1.54, 1.807) is 18.8 Å². The predicted octanol–water partition coefficient (Wildman–Crippen LogP) is 0.500. The Morgan fingerprint density at radius 1 is 1.73 bits per heavy atom. The van der Waals surface area contributed by atoms with Gasteiger partial charge in [0.2, 0.25) is 0 Å². The van der Waals surface area contributed by atoms with Crippen LogP contribution in [-0.2, 0) is 9.53 Å². The number of carbonyl (C=O) groups is 1. The lowest BCUT2D eigenvalue weighted by Crippen LogP contribution is -2.37. The predicted molar refractivity (Wildman–Crippen MR) is 47.9 cm³/mol. The molecule has 0 aromatic heterocycles. The monoisotopic (exact) mass is 177 g/mol. The van der Waals surface area contributed by atoms with Crippen LogP contribution >= 0.6 is 11.8 Å². The smallest absolute Gasteiger partial charge is 0.323 e. The van der Waals surface area contributed by atoms with E-state index < -0.39 is 0 Å². The molecule has 3 nitrogen and oxygen atoms in total. The van der Waals surface area contributed by atoms with Crippen molar-refractivity contribution in [1.29, 1.82) is 0 Å². The highest BCUT2D eigenvalue weighted by Gasteiger charge is 2.15. The Kier molecular flexibility index (Phi) is 6.36. The maximum Gasteiger partial charge on any atom is 0.323 e. The molecule has 0 bridgehead atoms. The Bertz CT molecular complexity index is 119. The molecule has 1 unspecified atom stereocenters. The van der Waals surface area contributed by atoms with Crippen LogP contribution in [0, 0.1) is 0 Å². The summed E-state index contributed by atoms with van der Waals surface area (Å²) in [5.41, 5.74) is 0. The molecule has 0 spiro atoms. The van der Waals surface area contributed by atoms with E-state index in [0.29, 0.717) is 0 Å². The van der Waals surface area contributed by atoms with Gasteiger partial charge in [0.15, 0.2) is 0 Å². The fraction of sp³-hybridized carbons (Fsp3) is 0.857. The van der Waals surface area contributed by atoms with Gasteiger partial charge in [-0.25, -0.2) is 0 Å². The van der Waals surface area contributed by atoms with Gasteiger partial charge in [-0.3, -0.25) is 4.79 Å². The number of esters is 1. The Morgan fingerprint density at radius 3 is 2.73 bits per heavy atom. The van der Waals surface area contributed by atoms with Crippen LogP contribution in [0.15, 0.2) is 0 Å². The van der Waals surface area contributed by atoms with Crippen molar-refractivity contribution in [3.63, 3.8) is 0 Å². The van der Waals surface area contributed by atoms with Crippen molar-refractivity contribution in [1.82, 2.24) is 5.32 Å². The summed E-state index contributed by atoms with van der Waals surface area (Å²) in [5.74, 6) is 1.61. The van der Waals surface area contributed by atoms with Crippen molar-refractivity contribution in [2.24, 2.45) is 0 Å². The van der Waals surface area contributed by atoms with Crippen LogP contribution in [0.2, 0.25) is 0 Å². The van der Waals surface area contributed by atoms with Crippen LogP contribution in [0.4, 0.5) is 0 Å². The molecule has 0 aromatic rings. The van der Waals surface area contributed by atoms with Crippen LogP contribution in [0.25, 0.3) is 0 Å². The zero-order valence-electron chi connectivity index (χ0n) is 7.22. The van der Waals surface area contributed by atoms with E-state index in [1.165, 1.54) is 7.11 Å². The SMILES string of the molecule is CCSCC(NC)C(=O)OC. The topological polar surface area (TPSA) is 38.3 Å². The molecule has 0 saturated heterocycles. The Labute approximate surface area is 71.9 Å². The minimum absolute atomic E-state index is 0.162. The van der Waals surface area contributed by atoms with Crippen LogP contribution in [0.1, 0.15) is 6.92 Å². The zero-order valence-corrected chi connectivity index (χ0v) is 8.03. The molecule has 0 heterocycles. The molecule has 0 aliphatic rings. The van der Waals surface area contributed by atoms with Gasteiger partial charge in [0.1, 0.15) is 6.04 Å². The van der Waals surface area contributed by atoms with E-state index in [4.69, 9.17) is 0 Å². The zero-order chi connectivity index (χ0) is 8.69. The Balaban J connectivity index is 3.65. The average molecular weight is 177 g/mol. The van der Waals surface area contributed by atoms with Gasteiger partial charge in [-0.05, 0) is 12.8 Å². The fourth-order valence-electron chi connectivity index (χ4n) is 0.647. The third kappa shape index (κ3) is 4.27. The third-order valence-corrected chi connectivity index (χ3v) is 2.30. The van der Waals surface area contributed by atoms with Crippen molar-refractivity contribution in [3.05, 3.63) is 0 Å². The minimum atomic E-state index is -0.187. The molecule has 66 valence electrons. The van der Waals surface area contributed by atoms with E-state index in [2.05, 4.69) is 17.0 Å². The molecule has 0 saturated carbocycles. The number of thioether (sulfide) groups is 1. The number of hydrogen-bond donors (Lipinski definition) is 1. The summed E-state index contributed by atoms with van der Waals surface area (Å²) in [5, 5.41) is 2.89. The summed E-state index contributed by atoms with van der Waals surface area (Å²) in [7, 11) is 3.17. The van der Waals surface area contributed by atoms with Crippen LogP contribution < -0.4 is 5.32 Å². The van der Waals surface area contributed by atoms with Gasteiger partial charge in [-0.2, -0.15) is 11.8 Å². The van der Waals surface area contributed by atoms with E-state index in [9.17, 15) is 4.79 Å². The second kappa shape index (κ2) is 6.49. The van der Waals surface area contributed by atoms with Crippen molar-refractivity contribution in [3.8, 4) is 0 Å². The minimum Gasteiger partial charge on any atom is -0.468 e. The van der Waals surface area contributed by atoms with Crippen molar-refractivity contribution < 1.29 is 9.53 Å². The van der Waals surface area contributed by atoms with Gasteiger partial charge < -0.3 is 10.1 Å². The van der Waals surface area contributed by atoms with Gasteiger partial charge in [0, 0.05) is 5.75 Å². The van der Waals surface area contributed by atoms with Crippen LogP contribution in [-0.4, -0.2) is 37.7 Å². The number of ether oxygens (including phenoxy) is 1. The van der Waals surface area contributed by atoms with Crippen molar-refractivity contribution in [2.45, 2.75) is 13.0 Å². The van der Waals surface area contributed by atoms with E-state index in [1.807, 2.05) is 0 Å².